The summed E-state index contributed by atoms with van der Waals surface area (Å²) in [5.41, 5.74) is -1.59. The summed E-state index contributed by atoms with van der Waals surface area (Å²) in [4.78, 5) is 11.7. The molecule has 1 rings (SSSR count). The molecule has 1 aromatic rings. The van der Waals surface area contributed by atoms with Crippen molar-refractivity contribution in [2.24, 2.45) is 0 Å². The van der Waals surface area contributed by atoms with E-state index < -0.39 is 55.5 Å². The summed E-state index contributed by atoms with van der Waals surface area (Å²) in [6.07, 6.45) is -0.436. The summed E-state index contributed by atoms with van der Waals surface area (Å²) >= 11 is 0. The van der Waals surface area contributed by atoms with Crippen LogP contribution in [0.25, 0.3) is 0 Å². The molecule has 5 nitrogen and oxygen atoms in total. The third kappa shape index (κ3) is 3.26. The quantitative estimate of drug-likeness (QED) is 0.368. The van der Waals surface area contributed by atoms with E-state index in [-0.39, 0.29) is 0 Å². The molecule has 0 aliphatic carbocycles. The standard InChI is InChI=1S/C11H12F5NO4Si/c1-19-22(20-2,21-3)4-17-11(18)5-6(12)8(14)10(16)9(15)7(5)13/h4H2,1-3H3,(H,17,18). The highest BCUT2D eigenvalue weighted by Gasteiger charge is 2.39. The van der Waals surface area contributed by atoms with Crippen molar-refractivity contribution in [3.8, 4) is 0 Å². The fourth-order valence-corrected chi connectivity index (χ4v) is 2.86. The molecule has 0 radical (unpaired) electrons. The first kappa shape index (κ1) is 18.5. The number of hydrogen-bond acceptors (Lipinski definition) is 4. The molecule has 0 aliphatic heterocycles. The van der Waals surface area contributed by atoms with Crippen LogP contribution in [0.1, 0.15) is 10.4 Å². The van der Waals surface area contributed by atoms with Crippen molar-refractivity contribution >= 4 is 14.7 Å². The molecule has 0 spiro atoms. The van der Waals surface area contributed by atoms with Crippen molar-refractivity contribution in [2.45, 2.75) is 0 Å². The van der Waals surface area contributed by atoms with Gasteiger partial charge < -0.3 is 18.6 Å². The molecule has 0 heterocycles. The molecule has 124 valence electrons. The van der Waals surface area contributed by atoms with Crippen molar-refractivity contribution in [3.63, 3.8) is 0 Å². The first-order valence-corrected chi connectivity index (χ1v) is 7.63. The van der Waals surface area contributed by atoms with Crippen molar-refractivity contribution < 1.29 is 40.0 Å². The van der Waals surface area contributed by atoms with E-state index in [4.69, 9.17) is 13.3 Å². The minimum Gasteiger partial charge on any atom is -0.376 e. The molecule has 1 amide bonds. The van der Waals surface area contributed by atoms with Crippen LogP contribution in [0.5, 0.6) is 0 Å². The predicted molar refractivity (Wildman–Crippen MR) is 65.3 cm³/mol. The number of carbonyl (C=O) groups excluding carboxylic acids is 1. The van der Waals surface area contributed by atoms with Gasteiger partial charge in [-0.3, -0.25) is 4.79 Å². The Bertz CT molecular complexity index is 545. The van der Waals surface area contributed by atoms with Gasteiger partial charge in [-0.15, -0.1) is 0 Å². The van der Waals surface area contributed by atoms with Gasteiger partial charge >= 0.3 is 8.80 Å². The minimum absolute atomic E-state index is 0.436. The van der Waals surface area contributed by atoms with Crippen LogP contribution in [0.4, 0.5) is 22.0 Å². The number of nitrogens with one attached hydrogen (secondary N) is 1. The van der Waals surface area contributed by atoms with Gasteiger partial charge in [-0.2, -0.15) is 0 Å². The van der Waals surface area contributed by atoms with Crippen LogP contribution < -0.4 is 5.32 Å². The highest BCUT2D eigenvalue weighted by molar-refractivity contribution is 6.61. The lowest BCUT2D eigenvalue weighted by Crippen LogP contribution is -2.53. The summed E-state index contributed by atoms with van der Waals surface area (Å²) in [5, 5.41) is 1.96. The van der Waals surface area contributed by atoms with E-state index in [0.717, 1.165) is 0 Å². The lowest BCUT2D eigenvalue weighted by molar-refractivity contribution is 0.0906. The van der Waals surface area contributed by atoms with E-state index in [9.17, 15) is 26.7 Å². The molecular formula is C11H12F5NO4Si. The Kier molecular flexibility index (Phi) is 5.99. The van der Waals surface area contributed by atoms with Crippen LogP contribution >= 0.6 is 0 Å². The van der Waals surface area contributed by atoms with Gasteiger partial charge in [0.25, 0.3) is 5.91 Å². The predicted octanol–water partition coefficient (Wildman–Crippen LogP) is 1.53. The summed E-state index contributed by atoms with van der Waals surface area (Å²) in [6.45, 7) is 0. The van der Waals surface area contributed by atoms with Gasteiger partial charge in [0.05, 0.1) is 6.17 Å². The zero-order valence-corrected chi connectivity index (χ0v) is 12.7. The lowest BCUT2D eigenvalue weighted by atomic mass is 10.1. The number of halogens is 5. The van der Waals surface area contributed by atoms with Gasteiger partial charge in [0.15, 0.2) is 23.3 Å². The molecule has 22 heavy (non-hydrogen) atoms. The highest BCUT2D eigenvalue weighted by Crippen LogP contribution is 2.23. The van der Waals surface area contributed by atoms with Gasteiger partial charge in [0.1, 0.15) is 5.56 Å². The van der Waals surface area contributed by atoms with Crippen LogP contribution in [0, 0.1) is 29.1 Å². The molecule has 0 fully saturated rings. The van der Waals surface area contributed by atoms with Crippen LogP contribution in [0.2, 0.25) is 0 Å². The zero-order valence-electron chi connectivity index (χ0n) is 11.7. The number of amides is 1. The van der Waals surface area contributed by atoms with E-state index in [1.165, 1.54) is 21.3 Å². The van der Waals surface area contributed by atoms with Crippen LogP contribution in [-0.4, -0.2) is 42.2 Å². The summed E-state index contributed by atoms with van der Waals surface area (Å²) < 4.78 is 80.7. The molecule has 0 atom stereocenters. The summed E-state index contributed by atoms with van der Waals surface area (Å²) in [5.74, 6) is -12.7. The van der Waals surface area contributed by atoms with Crippen molar-refractivity contribution in [2.75, 3.05) is 27.5 Å². The van der Waals surface area contributed by atoms with E-state index in [0.29, 0.717) is 0 Å². The van der Waals surface area contributed by atoms with Crippen LogP contribution in [-0.2, 0) is 13.3 Å². The van der Waals surface area contributed by atoms with Gasteiger partial charge in [-0.1, -0.05) is 0 Å². The normalized spacial score (nSPS) is 11.6. The van der Waals surface area contributed by atoms with Gasteiger partial charge in [0.2, 0.25) is 5.82 Å². The van der Waals surface area contributed by atoms with Gasteiger partial charge in [0, 0.05) is 21.3 Å². The van der Waals surface area contributed by atoms with E-state index in [1.54, 1.807) is 0 Å². The molecule has 0 bridgehead atoms. The Morgan fingerprint density at radius 3 is 1.59 bits per heavy atom. The van der Waals surface area contributed by atoms with Crippen LogP contribution in [0.15, 0.2) is 0 Å². The second-order valence-electron chi connectivity index (χ2n) is 3.92. The van der Waals surface area contributed by atoms with Gasteiger partial charge in [-0.25, -0.2) is 22.0 Å². The average Bonchev–Trinajstić information content (AvgIpc) is 2.53. The smallest absolute Gasteiger partial charge is 0.376 e. The van der Waals surface area contributed by atoms with Crippen molar-refractivity contribution in [1.82, 2.24) is 5.32 Å². The molecule has 1 aromatic carbocycles. The molecule has 1 N–H and O–H groups in total. The molecule has 0 saturated carbocycles. The Hall–Kier alpha value is -1.56. The molecule has 0 aromatic heterocycles. The zero-order chi connectivity index (χ0) is 17.1. The number of hydrogen-bond donors (Lipinski definition) is 1. The Morgan fingerprint density at radius 2 is 1.23 bits per heavy atom. The maximum absolute atomic E-state index is 13.5. The molecule has 0 aliphatic rings. The number of benzene rings is 1. The second-order valence-corrected chi connectivity index (χ2v) is 6.87. The first-order chi connectivity index (χ1) is 10.2. The third-order valence-electron chi connectivity index (χ3n) is 2.84. The number of rotatable bonds is 6. The fourth-order valence-electron chi connectivity index (χ4n) is 1.55. The Balaban J connectivity index is 3.10. The SMILES string of the molecule is CO[Si](CNC(=O)c1c(F)c(F)c(F)c(F)c1F)(OC)OC. The maximum Gasteiger partial charge on any atom is 0.520 e. The topological polar surface area (TPSA) is 56.8 Å². The molecule has 0 saturated heterocycles. The highest BCUT2D eigenvalue weighted by atomic mass is 28.4. The van der Waals surface area contributed by atoms with Crippen LogP contribution in [0.3, 0.4) is 0 Å². The number of carbonyl (C=O) groups is 1. The maximum atomic E-state index is 13.5. The molecule has 0 unspecified atom stereocenters. The van der Waals surface area contributed by atoms with E-state index in [1.807, 2.05) is 5.32 Å². The monoisotopic (exact) mass is 345 g/mol. The average molecular weight is 345 g/mol. The third-order valence-corrected chi connectivity index (χ3v) is 5.31. The summed E-state index contributed by atoms with van der Waals surface area (Å²) in [7, 11) is 0.312. The van der Waals surface area contributed by atoms with Gasteiger partial charge in [-0.05, 0) is 0 Å². The van der Waals surface area contributed by atoms with E-state index in [2.05, 4.69) is 0 Å². The lowest BCUT2D eigenvalue weighted by Gasteiger charge is -2.24. The summed E-state index contributed by atoms with van der Waals surface area (Å²) in [6, 6.07) is 0. The van der Waals surface area contributed by atoms with Crippen molar-refractivity contribution in [3.05, 3.63) is 34.6 Å². The Morgan fingerprint density at radius 1 is 0.864 bits per heavy atom. The fraction of sp³-hybridized carbons (Fsp3) is 0.364. The minimum atomic E-state index is -3.32. The second kappa shape index (κ2) is 7.13. The Labute approximate surface area is 123 Å². The molecular weight excluding hydrogens is 333 g/mol. The van der Waals surface area contributed by atoms with Crippen molar-refractivity contribution in [1.29, 1.82) is 0 Å². The first-order valence-electron chi connectivity index (χ1n) is 5.69. The molecule has 11 heteroatoms. The largest absolute Gasteiger partial charge is 0.520 e. The van der Waals surface area contributed by atoms with E-state index >= 15 is 0 Å².